The van der Waals surface area contributed by atoms with Crippen LogP contribution < -0.4 is 5.73 Å². The number of rotatable bonds is 3. The number of aromatic nitrogens is 4. The molecule has 1 fully saturated rings. The van der Waals surface area contributed by atoms with Gasteiger partial charge in [0.2, 0.25) is 0 Å². The number of hydrogen-bond donors (Lipinski definition) is 3. The largest absolute Gasteiger partial charge is 0.507 e. The number of nitrogen functional groups attached to an aromatic ring is 1. The molecule has 5 heterocycles. The molecule has 33 heavy (non-hydrogen) atoms. The molecule has 5 aromatic rings. The van der Waals surface area contributed by atoms with E-state index < -0.39 is 0 Å². The van der Waals surface area contributed by atoms with Crippen molar-refractivity contribution in [2.75, 3.05) is 18.8 Å². The Labute approximate surface area is 193 Å². The number of fused-ring (bicyclic) bond motifs is 2. The number of nitrogens with two attached hydrogens (primary N) is 1. The number of nitrogens with zero attached hydrogens (tertiary/aromatic N) is 4. The number of piperidine rings is 1. The van der Waals surface area contributed by atoms with Crippen molar-refractivity contribution >= 4 is 39.5 Å². The highest BCUT2D eigenvalue weighted by Gasteiger charge is 2.29. The number of carbonyl (C=O) groups excluding carboxylic acids is 1. The van der Waals surface area contributed by atoms with E-state index in [1.165, 1.54) is 11.3 Å². The summed E-state index contributed by atoms with van der Waals surface area (Å²) in [5, 5.41) is 14.8. The zero-order chi connectivity index (χ0) is 22.5. The maximum atomic E-state index is 12.7. The van der Waals surface area contributed by atoms with Crippen LogP contribution >= 0.6 is 11.3 Å². The zero-order valence-corrected chi connectivity index (χ0v) is 18.5. The number of phenolic OH excluding ortho intramolecular Hbond substituents is 1. The van der Waals surface area contributed by atoms with Crippen LogP contribution in [0.15, 0.2) is 53.5 Å². The van der Waals surface area contributed by atoms with Crippen molar-refractivity contribution in [3.8, 4) is 17.1 Å². The molecule has 4 aromatic heterocycles. The first-order chi connectivity index (χ1) is 16.1. The Balaban J connectivity index is 1.36. The summed E-state index contributed by atoms with van der Waals surface area (Å²) in [6.07, 6.45) is 5.22. The molecule has 9 heteroatoms. The minimum absolute atomic E-state index is 0.0923. The summed E-state index contributed by atoms with van der Waals surface area (Å²) >= 11 is 1.54. The molecular formula is C24H22N6O2S. The van der Waals surface area contributed by atoms with Crippen LogP contribution in [0.1, 0.15) is 34.9 Å². The van der Waals surface area contributed by atoms with Crippen LogP contribution in [-0.4, -0.2) is 48.4 Å². The average Bonchev–Trinajstić information content (AvgIpc) is 3.58. The minimum Gasteiger partial charge on any atom is -0.507 e. The van der Waals surface area contributed by atoms with E-state index in [9.17, 15) is 9.90 Å². The van der Waals surface area contributed by atoms with Gasteiger partial charge in [0.1, 0.15) is 28.6 Å². The molecule has 1 aliphatic heterocycles. The third-order valence-electron chi connectivity index (χ3n) is 6.42. The molecule has 0 aliphatic carbocycles. The number of aromatic amines is 1. The van der Waals surface area contributed by atoms with Gasteiger partial charge in [-0.15, -0.1) is 0 Å². The lowest BCUT2D eigenvalue weighted by molar-refractivity contribution is 0.0711. The van der Waals surface area contributed by atoms with E-state index in [-0.39, 0.29) is 17.6 Å². The summed E-state index contributed by atoms with van der Waals surface area (Å²) in [5.74, 6) is 1.82. The number of nitrogens with one attached hydrogen (secondary N) is 1. The van der Waals surface area contributed by atoms with Crippen LogP contribution in [0.2, 0.25) is 0 Å². The molecular weight excluding hydrogens is 436 g/mol. The lowest BCUT2D eigenvalue weighted by Crippen LogP contribution is -2.38. The number of H-pyrrole nitrogens is 1. The Morgan fingerprint density at radius 1 is 1.24 bits per heavy atom. The number of hydrogen-bond acceptors (Lipinski definition) is 6. The highest BCUT2D eigenvalue weighted by atomic mass is 32.1. The van der Waals surface area contributed by atoms with Gasteiger partial charge in [0.15, 0.2) is 0 Å². The molecule has 166 valence electrons. The second kappa shape index (κ2) is 7.63. The number of benzene rings is 1. The van der Waals surface area contributed by atoms with E-state index >= 15 is 0 Å². The molecule has 0 spiro atoms. The zero-order valence-electron chi connectivity index (χ0n) is 17.7. The summed E-state index contributed by atoms with van der Waals surface area (Å²) in [6.45, 7) is 1.37. The fourth-order valence-corrected chi connectivity index (χ4v) is 5.37. The van der Waals surface area contributed by atoms with E-state index in [0.29, 0.717) is 24.6 Å². The van der Waals surface area contributed by atoms with Crippen molar-refractivity contribution in [3.05, 3.63) is 64.9 Å². The van der Waals surface area contributed by atoms with Gasteiger partial charge in [-0.05, 0) is 42.5 Å². The van der Waals surface area contributed by atoms with Crippen molar-refractivity contribution < 1.29 is 9.90 Å². The minimum atomic E-state index is 0.0923. The first-order valence-electron chi connectivity index (χ1n) is 10.8. The van der Waals surface area contributed by atoms with Gasteiger partial charge in [-0.2, -0.15) is 11.3 Å². The molecule has 1 amide bonds. The van der Waals surface area contributed by atoms with Crippen molar-refractivity contribution in [2.24, 2.45) is 0 Å². The summed E-state index contributed by atoms with van der Waals surface area (Å²) < 4.78 is 2.02. The number of aromatic hydroxyl groups is 1. The summed E-state index contributed by atoms with van der Waals surface area (Å²) in [7, 11) is 0. The van der Waals surface area contributed by atoms with Crippen LogP contribution in [-0.2, 0) is 0 Å². The number of phenols is 1. The Morgan fingerprint density at radius 3 is 2.85 bits per heavy atom. The Bertz CT molecular complexity index is 1480. The van der Waals surface area contributed by atoms with Crippen LogP contribution in [0, 0.1) is 0 Å². The van der Waals surface area contributed by atoms with Gasteiger partial charge in [0, 0.05) is 47.7 Å². The average molecular weight is 459 g/mol. The lowest BCUT2D eigenvalue weighted by atomic mass is 9.95. The standard InChI is InChI=1S/C24H22N6O2S/c25-22-21-20(18-12-16-17(27-18)2-1-3-19(16)31)28-23(30(21)10-7-26-22)14-4-8-29(9-5-14)24(32)15-6-11-33-13-15/h1-3,6-7,10-14,27,31H,4-5,8-9H2,(H2,25,26). The second-order valence-corrected chi connectivity index (χ2v) is 9.13. The Morgan fingerprint density at radius 2 is 2.09 bits per heavy atom. The van der Waals surface area contributed by atoms with E-state index in [1.807, 2.05) is 44.5 Å². The van der Waals surface area contributed by atoms with Crippen molar-refractivity contribution in [2.45, 2.75) is 18.8 Å². The number of imidazole rings is 1. The van der Waals surface area contributed by atoms with Crippen LogP contribution in [0.4, 0.5) is 5.82 Å². The third-order valence-corrected chi connectivity index (χ3v) is 7.11. The highest BCUT2D eigenvalue weighted by Crippen LogP contribution is 2.36. The maximum Gasteiger partial charge on any atom is 0.254 e. The summed E-state index contributed by atoms with van der Waals surface area (Å²) in [4.78, 5) is 27.3. The fraction of sp³-hybridized carbons (Fsp3) is 0.208. The smallest absolute Gasteiger partial charge is 0.254 e. The lowest BCUT2D eigenvalue weighted by Gasteiger charge is -2.31. The first kappa shape index (κ1) is 19.8. The number of thiophene rings is 1. The number of anilines is 1. The third kappa shape index (κ3) is 3.23. The number of carbonyl (C=O) groups is 1. The Kier molecular flexibility index (Phi) is 4.58. The van der Waals surface area contributed by atoms with Crippen LogP contribution in [0.25, 0.3) is 27.8 Å². The summed E-state index contributed by atoms with van der Waals surface area (Å²) in [6, 6.07) is 9.15. The molecule has 1 saturated heterocycles. The topological polar surface area (TPSA) is 113 Å². The maximum absolute atomic E-state index is 12.7. The van der Waals surface area contributed by atoms with E-state index in [0.717, 1.165) is 46.3 Å². The van der Waals surface area contributed by atoms with E-state index in [4.69, 9.17) is 10.7 Å². The van der Waals surface area contributed by atoms with Crippen LogP contribution in [0.5, 0.6) is 5.75 Å². The highest BCUT2D eigenvalue weighted by molar-refractivity contribution is 7.08. The van der Waals surface area contributed by atoms with Crippen molar-refractivity contribution in [1.82, 2.24) is 24.3 Å². The second-order valence-electron chi connectivity index (χ2n) is 8.35. The van der Waals surface area contributed by atoms with E-state index in [1.54, 1.807) is 18.3 Å². The van der Waals surface area contributed by atoms with Gasteiger partial charge in [0.25, 0.3) is 5.91 Å². The van der Waals surface area contributed by atoms with Gasteiger partial charge in [-0.25, -0.2) is 9.97 Å². The monoisotopic (exact) mass is 458 g/mol. The SMILES string of the molecule is Nc1nccn2c(C3CCN(C(=O)c4ccsc4)CC3)nc(-c3cc4c(O)cccc4[nH]3)c12. The van der Waals surface area contributed by atoms with Crippen molar-refractivity contribution in [3.63, 3.8) is 0 Å². The van der Waals surface area contributed by atoms with E-state index in [2.05, 4.69) is 9.97 Å². The normalized spacial score (nSPS) is 15.0. The van der Waals surface area contributed by atoms with Gasteiger partial charge in [0.05, 0.1) is 11.3 Å². The molecule has 1 aliphatic rings. The van der Waals surface area contributed by atoms with Crippen LogP contribution in [0.3, 0.4) is 0 Å². The molecule has 8 nitrogen and oxygen atoms in total. The molecule has 4 N–H and O–H groups in total. The molecule has 0 atom stereocenters. The fourth-order valence-electron chi connectivity index (χ4n) is 4.74. The number of amides is 1. The number of likely N-dealkylation sites (tertiary alicyclic amines) is 1. The molecule has 0 radical (unpaired) electrons. The summed E-state index contributed by atoms with van der Waals surface area (Å²) in [5.41, 5.74) is 10.1. The molecule has 1 aromatic carbocycles. The predicted molar refractivity (Wildman–Crippen MR) is 129 cm³/mol. The first-order valence-corrected chi connectivity index (χ1v) is 11.8. The molecule has 0 bridgehead atoms. The van der Waals surface area contributed by atoms with Gasteiger partial charge in [-0.3, -0.25) is 9.20 Å². The molecule has 0 unspecified atom stereocenters. The van der Waals surface area contributed by atoms with Gasteiger partial charge < -0.3 is 20.7 Å². The van der Waals surface area contributed by atoms with Gasteiger partial charge in [-0.1, -0.05) is 6.07 Å². The van der Waals surface area contributed by atoms with Crippen molar-refractivity contribution in [1.29, 1.82) is 0 Å². The van der Waals surface area contributed by atoms with Gasteiger partial charge >= 0.3 is 0 Å². The molecule has 6 rings (SSSR count). The molecule has 0 saturated carbocycles. The predicted octanol–water partition coefficient (Wildman–Crippen LogP) is 4.25. The quantitative estimate of drug-likeness (QED) is 0.374. The Hall–Kier alpha value is -3.85.